The maximum absolute atomic E-state index is 14.7. The lowest BCUT2D eigenvalue weighted by Gasteiger charge is -2.58. The maximum atomic E-state index is 14.7. The molecular formula is C46H50FN5O5. The van der Waals surface area contributed by atoms with Crippen LogP contribution in [0.2, 0.25) is 0 Å². The molecule has 2 N–H and O–H groups in total. The first-order valence-corrected chi connectivity index (χ1v) is 20.1. The first-order valence-electron chi connectivity index (χ1n) is 20.1. The fraction of sp³-hybridized carbons (Fsp3) is 0.391. The normalized spacial score (nSPS) is 20.8. The summed E-state index contributed by atoms with van der Waals surface area (Å²) in [6.45, 7) is 9.70. The Morgan fingerprint density at radius 1 is 0.947 bits per heavy atom. The van der Waals surface area contributed by atoms with Crippen LogP contribution in [0, 0.1) is 5.41 Å². The minimum atomic E-state index is -0.721. The molecule has 5 aliphatic rings. The van der Waals surface area contributed by atoms with Gasteiger partial charge in [0, 0.05) is 68.7 Å². The quantitative estimate of drug-likeness (QED) is 0.115. The number of benzene rings is 3. The van der Waals surface area contributed by atoms with Gasteiger partial charge in [0.25, 0.3) is 11.8 Å². The molecule has 1 aromatic heterocycles. The largest absolute Gasteiger partial charge is 0.497 e. The predicted molar refractivity (Wildman–Crippen MR) is 218 cm³/mol. The first-order chi connectivity index (χ1) is 27.7. The monoisotopic (exact) mass is 771 g/mol. The number of piperidine rings is 1. The van der Waals surface area contributed by atoms with Gasteiger partial charge in [0.1, 0.15) is 17.3 Å². The summed E-state index contributed by atoms with van der Waals surface area (Å²) in [6.07, 6.45) is 8.47. The number of nitrogens with zero attached hydrogens (tertiary/aromatic N) is 4. The molecule has 0 bridgehead atoms. The van der Waals surface area contributed by atoms with Crippen molar-refractivity contribution in [1.82, 2.24) is 20.3 Å². The molecule has 0 unspecified atom stereocenters. The van der Waals surface area contributed by atoms with Crippen molar-refractivity contribution in [1.29, 1.82) is 0 Å². The molecule has 4 aromatic rings. The van der Waals surface area contributed by atoms with Crippen LogP contribution in [0.1, 0.15) is 88.8 Å². The molecule has 10 nitrogen and oxygen atoms in total. The van der Waals surface area contributed by atoms with Crippen LogP contribution in [0.25, 0.3) is 11.4 Å². The van der Waals surface area contributed by atoms with Gasteiger partial charge in [-0.25, -0.2) is 14.9 Å². The Morgan fingerprint density at radius 2 is 1.70 bits per heavy atom. The van der Waals surface area contributed by atoms with Crippen LogP contribution in [0.15, 0.2) is 85.5 Å². The molecule has 1 spiro atoms. The lowest BCUT2D eigenvalue weighted by molar-refractivity contribution is -0.0627. The smallest absolute Gasteiger partial charge is 0.278 e. The molecule has 3 aliphatic carbocycles. The van der Waals surface area contributed by atoms with Crippen LogP contribution in [0.4, 0.5) is 10.1 Å². The molecule has 0 radical (unpaired) electrons. The lowest BCUT2D eigenvalue weighted by atomic mass is 9.59. The van der Waals surface area contributed by atoms with Gasteiger partial charge in [0.05, 0.1) is 25.5 Å². The third kappa shape index (κ3) is 7.28. The molecule has 296 valence electrons. The molecule has 4 fully saturated rings. The van der Waals surface area contributed by atoms with Crippen LogP contribution in [0.5, 0.6) is 23.1 Å². The Labute approximate surface area is 333 Å². The Balaban J connectivity index is 0.893. The Kier molecular flexibility index (Phi) is 10.0. The molecule has 11 heteroatoms. The van der Waals surface area contributed by atoms with E-state index in [-0.39, 0.29) is 28.5 Å². The van der Waals surface area contributed by atoms with Crippen LogP contribution in [-0.4, -0.2) is 78.9 Å². The van der Waals surface area contributed by atoms with Crippen LogP contribution in [-0.2, 0) is 6.54 Å². The van der Waals surface area contributed by atoms with Gasteiger partial charge in [-0.1, -0.05) is 43.0 Å². The number of allylic oxidation sites excluding steroid dienone is 2. The summed E-state index contributed by atoms with van der Waals surface area (Å²) < 4.78 is 31.9. The van der Waals surface area contributed by atoms with E-state index in [4.69, 9.17) is 14.2 Å². The number of amides is 1. The summed E-state index contributed by atoms with van der Waals surface area (Å²) >= 11 is 0. The Bertz CT molecular complexity index is 2210. The van der Waals surface area contributed by atoms with E-state index >= 15 is 0 Å². The van der Waals surface area contributed by atoms with Gasteiger partial charge >= 0.3 is 0 Å². The number of anilines is 1. The van der Waals surface area contributed by atoms with E-state index in [1.807, 2.05) is 6.07 Å². The number of hydroxylamine groups is 1. The molecule has 1 amide bonds. The zero-order valence-electron chi connectivity index (χ0n) is 32.7. The van der Waals surface area contributed by atoms with Gasteiger partial charge in [-0.2, -0.15) is 0 Å². The summed E-state index contributed by atoms with van der Waals surface area (Å²) in [4.78, 5) is 25.0. The lowest BCUT2D eigenvalue weighted by Crippen LogP contribution is -2.59. The summed E-state index contributed by atoms with van der Waals surface area (Å²) in [7, 11) is 3.16. The highest BCUT2D eigenvalue weighted by atomic mass is 19.1. The SMILES string of the molecule is C=C1C=C(F)c2cc(Oc3cc(N4CCC5(CC4)CC(N4CCN(Cc6ccc(OC)cc6)C[C@H]4c4ccccc4C4CC4)C5)ccc3C(=O)NO)c(OC)nc21. The second-order valence-electron chi connectivity index (χ2n) is 16.4. The summed E-state index contributed by atoms with van der Waals surface area (Å²) in [5, 5.41) is 9.53. The number of nitrogens with one attached hydrogen (secondary N) is 1. The van der Waals surface area contributed by atoms with Crippen LogP contribution >= 0.6 is 0 Å². The molecule has 3 heterocycles. The minimum absolute atomic E-state index is 0.126. The van der Waals surface area contributed by atoms with Crippen molar-refractivity contribution >= 4 is 23.0 Å². The molecule has 2 saturated heterocycles. The second-order valence-corrected chi connectivity index (χ2v) is 16.4. The number of methoxy groups -OCH3 is 2. The number of fused-ring (bicyclic) bond motifs is 1. The number of carbonyl (C=O) groups is 1. The van der Waals surface area contributed by atoms with Crippen LogP contribution < -0.4 is 24.6 Å². The topological polar surface area (TPSA) is 99.6 Å². The summed E-state index contributed by atoms with van der Waals surface area (Å²) in [6, 6.07) is 25.5. The minimum Gasteiger partial charge on any atom is -0.497 e. The van der Waals surface area contributed by atoms with E-state index in [0.29, 0.717) is 34.7 Å². The molecule has 9 rings (SSSR count). The van der Waals surface area contributed by atoms with Crippen LogP contribution in [0.3, 0.4) is 0 Å². The number of hydrogen-bond donors (Lipinski definition) is 2. The van der Waals surface area contributed by atoms with Crippen molar-refractivity contribution in [2.75, 3.05) is 51.8 Å². The van der Waals surface area contributed by atoms with Gasteiger partial charge in [0.15, 0.2) is 5.75 Å². The molecule has 3 aromatic carbocycles. The zero-order valence-corrected chi connectivity index (χ0v) is 32.7. The van der Waals surface area contributed by atoms with Gasteiger partial charge < -0.3 is 19.1 Å². The average molecular weight is 772 g/mol. The van der Waals surface area contributed by atoms with E-state index in [1.165, 1.54) is 56.1 Å². The van der Waals surface area contributed by atoms with Crippen molar-refractivity contribution < 1.29 is 28.6 Å². The van der Waals surface area contributed by atoms with E-state index < -0.39 is 11.7 Å². The fourth-order valence-corrected chi connectivity index (χ4v) is 9.68. The number of pyridine rings is 1. The third-order valence-electron chi connectivity index (χ3n) is 13.0. The fourth-order valence-electron chi connectivity index (χ4n) is 9.68. The molecular weight excluding hydrogens is 722 g/mol. The molecule has 2 saturated carbocycles. The molecule has 1 atom stereocenters. The number of hydrogen-bond acceptors (Lipinski definition) is 9. The first kappa shape index (κ1) is 37.4. The number of carbonyl (C=O) groups excluding carboxylic acids is 1. The number of piperazine rings is 1. The number of halogens is 1. The summed E-state index contributed by atoms with van der Waals surface area (Å²) in [5.74, 6) is 0.883. The highest BCUT2D eigenvalue weighted by Gasteiger charge is 2.50. The van der Waals surface area contributed by atoms with Gasteiger partial charge in [-0.05, 0) is 109 Å². The Hall–Kier alpha value is -5.23. The van der Waals surface area contributed by atoms with Crippen molar-refractivity contribution in [2.24, 2.45) is 5.41 Å². The van der Waals surface area contributed by atoms with Crippen molar-refractivity contribution in [3.05, 3.63) is 119 Å². The standard InChI is InChI=1S/C46H50FN5O5/c1-29-22-39(47)38-24-42(45(56-3)48-43(29)38)57-41-23-32(12-15-37(41)44(53)49-54)51-18-16-46(17-19-51)25-33(26-46)52-21-20-50(27-30-8-13-34(55-2)14-9-30)28-40(52)36-7-5-4-6-35(36)31-10-11-31/h4-9,12-15,22-24,31,33,40,54H,1,10-11,16-21,25-28H2,2-3H3,(H,49,53)/t40-/m0/s1. The molecule has 2 aliphatic heterocycles. The van der Waals surface area contributed by atoms with E-state index in [2.05, 4.69) is 74.8 Å². The van der Waals surface area contributed by atoms with Crippen molar-refractivity contribution in [3.63, 3.8) is 0 Å². The maximum Gasteiger partial charge on any atom is 0.278 e. The number of ether oxygens (including phenoxy) is 3. The second kappa shape index (κ2) is 15.3. The van der Waals surface area contributed by atoms with E-state index in [0.717, 1.165) is 63.5 Å². The number of aromatic nitrogens is 1. The van der Waals surface area contributed by atoms with Gasteiger partial charge in [-0.15, -0.1) is 0 Å². The van der Waals surface area contributed by atoms with E-state index in [1.54, 1.807) is 30.3 Å². The molecule has 57 heavy (non-hydrogen) atoms. The van der Waals surface area contributed by atoms with Crippen molar-refractivity contribution in [3.8, 4) is 23.1 Å². The van der Waals surface area contributed by atoms with Gasteiger partial charge in [0.2, 0.25) is 0 Å². The number of rotatable bonds is 11. The summed E-state index contributed by atoms with van der Waals surface area (Å²) in [5.41, 5.74) is 8.51. The van der Waals surface area contributed by atoms with Crippen molar-refractivity contribution in [2.45, 2.75) is 63.1 Å². The average Bonchev–Trinajstić information content (AvgIpc) is 4.04. The zero-order chi connectivity index (χ0) is 39.3. The third-order valence-corrected chi connectivity index (χ3v) is 13.0. The van der Waals surface area contributed by atoms with Gasteiger partial charge in [-0.3, -0.25) is 19.8 Å². The predicted octanol–water partition coefficient (Wildman–Crippen LogP) is 8.53. The van der Waals surface area contributed by atoms with E-state index in [9.17, 15) is 14.4 Å². The Morgan fingerprint density at radius 3 is 2.40 bits per heavy atom. The highest BCUT2D eigenvalue weighted by Crippen LogP contribution is 2.54. The highest BCUT2D eigenvalue weighted by molar-refractivity contribution is 5.97.